The molecule has 0 aliphatic carbocycles. The number of thioether (sulfide) groups is 1. The first-order chi connectivity index (χ1) is 27.4. The van der Waals surface area contributed by atoms with Gasteiger partial charge in [0.25, 0.3) is 0 Å². The average Bonchev–Trinajstić information content (AvgIpc) is 3.77. The smallest absolute Gasteiger partial charge is 0.796 e. The van der Waals surface area contributed by atoms with Gasteiger partial charge in [-0.25, -0.2) is 9.97 Å². The number of hydrogen-bond donors (Lipinski definition) is 6. The largest absolute Gasteiger partial charge is 1.00 e. The van der Waals surface area contributed by atoms with E-state index in [0.29, 0.717) is 17.6 Å². The molecule has 59 heavy (non-hydrogen) atoms. The number of nitrogens with two attached hydrogens (primary N) is 2. The fourth-order valence-corrected chi connectivity index (χ4v) is 5.12. The van der Waals surface area contributed by atoms with Crippen molar-refractivity contribution in [3.8, 4) is 0 Å². The number of aromatic nitrogens is 4. The zero-order valence-electron chi connectivity index (χ0n) is 31.5. The molecule has 0 bridgehead atoms. The van der Waals surface area contributed by atoms with E-state index in [0.717, 1.165) is 37.5 Å². The van der Waals surface area contributed by atoms with Crippen LogP contribution in [0.25, 0.3) is 0 Å². The van der Waals surface area contributed by atoms with E-state index in [2.05, 4.69) is 53.8 Å². The van der Waals surface area contributed by atoms with Gasteiger partial charge in [0.05, 0.1) is 35.3 Å². The summed E-state index contributed by atoms with van der Waals surface area (Å²) in [5, 5.41) is 9.94. The van der Waals surface area contributed by atoms with Crippen LogP contribution in [-0.2, 0) is 39.3 Å². The molecule has 8 N–H and O–H groups in total. The molecule has 5 rings (SSSR count). The van der Waals surface area contributed by atoms with Gasteiger partial charge in [-0.2, -0.15) is 42.6 Å². The second-order valence-electron chi connectivity index (χ2n) is 11.0. The predicted octanol–water partition coefficient (Wildman–Crippen LogP) is 3.22. The van der Waals surface area contributed by atoms with Crippen molar-refractivity contribution in [1.29, 1.82) is 0 Å². The fourth-order valence-electron chi connectivity index (χ4n) is 4.35. The minimum absolute atomic E-state index is 0. The first kappa shape index (κ1) is 52.6. The Balaban J connectivity index is 0.000000499. The van der Waals surface area contributed by atoms with Gasteiger partial charge in [0.15, 0.2) is 12.6 Å². The van der Waals surface area contributed by atoms with Crippen LogP contribution in [0.5, 0.6) is 0 Å². The summed E-state index contributed by atoms with van der Waals surface area (Å²) in [6, 6.07) is 8.40. The third kappa shape index (κ3) is 18.2. The number of carbonyl (C=O) groups excluding carboxylic acids is 4. The summed E-state index contributed by atoms with van der Waals surface area (Å²) in [4.78, 5) is 61.1. The third-order valence-corrected chi connectivity index (χ3v) is 7.87. The number of halogens is 7. The van der Waals surface area contributed by atoms with E-state index in [1.807, 2.05) is 0 Å². The first-order valence-corrected chi connectivity index (χ1v) is 18.7. The summed E-state index contributed by atoms with van der Waals surface area (Å²) < 4.78 is 80.9. The molecule has 0 saturated carbocycles. The molecule has 314 valence electrons. The SMILES string of the molecule is C1CCOC1.CSc1nc(N)nc(NCC(=O)Nc2cccc(C(F)(F)F)c2)c1C=O.C[S-].Nc1nc(Cl)c(C=O)c(NCC(=O)Nc2cccc(C(F)(F)F)c2)n1.[Na+]. The Morgan fingerprint density at radius 2 is 1.20 bits per heavy atom. The molecular formula is C34H36ClF6N10NaO5S2. The van der Waals surface area contributed by atoms with Crippen molar-refractivity contribution in [3.63, 3.8) is 0 Å². The van der Waals surface area contributed by atoms with E-state index in [1.165, 1.54) is 48.9 Å². The Kier molecular flexibility index (Phi) is 23.2. The maximum absolute atomic E-state index is 12.7. The molecule has 2 amide bonds. The Bertz CT molecular complexity index is 2010. The van der Waals surface area contributed by atoms with E-state index in [9.17, 15) is 45.5 Å². The molecule has 1 aliphatic rings. The number of nitrogens with zero attached hydrogens (tertiary/aromatic N) is 4. The number of amides is 2. The van der Waals surface area contributed by atoms with Crippen LogP contribution in [-0.4, -0.2) is 83.1 Å². The van der Waals surface area contributed by atoms with Gasteiger partial charge in [0.1, 0.15) is 21.8 Å². The van der Waals surface area contributed by atoms with Gasteiger partial charge < -0.3 is 50.1 Å². The molecule has 0 atom stereocenters. The van der Waals surface area contributed by atoms with Crippen molar-refractivity contribution >= 4 is 95.3 Å². The number of benzene rings is 2. The van der Waals surface area contributed by atoms with Crippen LogP contribution in [0.1, 0.15) is 44.7 Å². The van der Waals surface area contributed by atoms with Crippen molar-refractivity contribution in [2.45, 2.75) is 30.2 Å². The average molecular weight is 901 g/mol. The summed E-state index contributed by atoms with van der Waals surface area (Å²) in [6.45, 7) is 1.28. The minimum atomic E-state index is -4.52. The van der Waals surface area contributed by atoms with Crippen molar-refractivity contribution in [2.24, 2.45) is 0 Å². The number of nitrogen functional groups attached to an aromatic ring is 2. The summed E-state index contributed by atoms with van der Waals surface area (Å²) in [6.07, 6.45) is -2.29. The number of rotatable bonds is 11. The molecule has 1 aliphatic heterocycles. The number of hydrogen-bond acceptors (Lipinski definition) is 15. The third-order valence-electron chi connectivity index (χ3n) is 6.88. The molecule has 0 radical (unpaired) electrons. The van der Waals surface area contributed by atoms with Gasteiger partial charge in [-0.05, 0) is 55.5 Å². The quantitative estimate of drug-likeness (QED) is 0.0317. The van der Waals surface area contributed by atoms with Crippen LogP contribution in [0, 0.1) is 0 Å². The number of nitrogens with one attached hydrogen (secondary N) is 4. The zero-order valence-corrected chi connectivity index (χ0v) is 35.9. The molecule has 4 aromatic rings. The molecule has 3 heterocycles. The molecule has 0 unspecified atom stereocenters. The van der Waals surface area contributed by atoms with E-state index < -0.39 is 35.3 Å². The van der Waals surface area contributed by atoms with Gasteiger partial charge in [-0.3, -0.25) is 19.2 Å². The van der Waals surface area contributed by atoms with Gasteiger partial charge in [0.2, 0.25) is 23.7 Å². The normalized spacial score (nSPS) is 11.7. The van der Waals surface area contributed by atoms with Crippen LogP contribution in [0.15, 0.2) is 53.6 Å². The summed E-state index contributed by atoms with van der Waals surface area (Å²) in [5.74, 6) is -1.58. The molecule has 2 aromatic carbocycles. The topological polar surface area (TPSA) is 229 Å². The molecule has 0 spiro atoms. The van der Waals surface area contributed by atoms with E-state index in [4.69, 9.17) is 27.8 Å². The second-order valence-corrected chi connectivity index (χ2v) is 12.2. The number of alkyl halides is 6. The Morgan fingerprint density at radius 3 is 1.58 bits per heavy atom. The maximum Gasteiger partial charge on any atom is 1.00 e. The predicted molar refractivity (Wildman–Crippen MR) is 211 cm³/mol. The van der Waals surface area contributed by atoms with Crippen LogP contribution in [0.4, 0.5) is 61.2 Å². The van der Waals surface area contributed by atoms with Gasteiger partial charge in [-0.15, -0.1) is 11.8 Å². The van der Waals surface area contributed by atoms with Crippen molar-refractivity contribution < 1.29 is 79.8 Å². The van der Waals surface area contributed by atoms with Gasteiger partial charge in [-0.1, -0.05) is 23.7 Å². The van der Waals surface area contributed by atoms with Crippen LogP contribution < -0.4 is 62.3 Å². The first-order valence-electron chi connectivity index (χ1n) is 16.3. The van der Waals surface area contributed by atoms with E-state index >= 15 is 0 Å². The van der Waals surface area contributed by atoms with E-state index in [1.54, 1.807) is 12.5 Å². The maximum atomic E-state index is 12.7. The minimum Gasteiger partial charge on any atom is -0.796 e. The fraction of sp³-hybridized carbons (Fsp3) is 0.294. The monoisotopic (exact) mass is 900 g/mol. The molecule has 25 heteroatoms. The van der Waals surface area contributed by atoms with Gasteiger partial charge in [0, 0.05) is 24.6 Å². The van der Waals surface area contributed by atoms with Crippen molar-refractivity contribution in [3.05, 3.63) is 75.9 Å². The van der Waals surface area contributed by atoms with Crippen LogP contribution >= 0.6 is 23.4 Å². The zero-order chi connectivity index (χ0) is 43.5. The summed E-state index contributed by atoms with van der Waals surface area (Å²) in [5.41, 5.74) is 9.19. The second kappa shape index (κ2) is 26.0. The van der Waals surface area contributed by atoms with Gasteiger partial charge >= 0.3 is 41.9 Å². The molecule has 15 nitrogen and oxygen atoms in total. The Morgan fingerprint density at radius 1 is 0.780 bits per heavy atom. The van der Waals surface area contributed by atoms with Crippen molar-refractivity contribution in [2.75, 3.05) is 71.5 Å². The number of ether oxygens (including phenoxy) is 1. The molecule has 1 saturated heterocycles. The van der Waals surface area contributed by atoms with Crippen LogP contribution in [0.3, 0.4) is 0 Å². The number of carbonyl (C=O) groups is 4. The summed E-state index contributed by atoms with van der Waals surface area (Å²) in [7, 11) is 0. The summed E-state index contributed by atoms with van der Waals surface area (Å²) >= 11 is 11.0. The Labute approximate surface area is 370 Å². The van der Waals surface area contributed by atoms with Crippen molar-refractivity contribution in [1.82, 2.24) is 19.9 Å². The molecular weight excluding hydrogens is 865 g/mol. The molecule has 1 fully saturated rings. The van der Waals surface area contributed by atoms with Crippen LogP contribution in [0.2, 0.25) is 5.15 Å². The molecule has 2 aromatic heterocycles. The number of anilines is 6. The van der Waals surface area contributed by atoms with E-state index in [-0.39, 0.29) is 93.8 Å². The Hall–Kier alpha value is -4.39. The standard InChI is InChI=1S/C15H14F3N5O2S.C14H11ClF3N5O2.C4H8O.CH4S.Na/c1-26-13-10(7-24)12(22-14(19)23-13)20-6-11(25)21-9-4-2-3-8(5-9)15(16,17)18;15-11-9(6-24)12(23-13(19)22-11)20-5-10(25)21-8-3-1-2-7(4-8)14(16,17)18;1-2-4-5-3-1;1-2;/h2-5,7H,6H2,1H3,(H,21,25)(H3,19,20,22,23);1-4,6H,5H2,(H,21,25)(H3,19,20,22,23);1-4H2;2H,1H3;/q;;;;+1/p-1. The number of aldehydes is 2.